The molecule has 0 radical (unpaired) electrons. The molecular formula is C49H58F6O2S2. The van der Waals surface area contributed by atoms with Gasteiger partial charge in [-0.15, -0.1) is 22.7 Å². The fourth-order valence-electron chi connectivity index (χ4n) is 7.97. The molecule has 0 bridgehead atoms. The molecule has 2 aromatic carbocycles. The number of hydrogen-bond acceptors (Lipinski definition) is 4. The summed E-state index contributed by atoms with van der Waals surface area (Å²) in [5, 5.41) is 0. The molecule has 1 aliphatic carbocycles. The van der Waals surface area contributed by atoms with Crippen molar-refractivity contribution in [2.24, 2.45) is 0 Å². The first-order valence-electron chi connectivity index (χ1n) is 21.0. The van der Waals surface area contributed by atoms with Crippen LogP contribution in [-0.2, 0) is 12.8 Å². The van der Waals surface area contributed by atoms with E-state index in [0.29, 0.717) is 67.8 Å². The molecule has 320 valence electrons. The van der Waals surface area contributed by atoms with Crippen molar-refractivity contribution in [1.29, 1.82) is 0 Å². The Balaban J connectivity index is 1.72. The van der Waals surface area contributed by atoms with Gasteiger partial charge in [0.05, 0.1) is 14.2 Å². The van der Waals surface area contributed by atoms with Crippen LogP contribution in [0.1, 0.15) is 144 Å². The molecule has 1 aliphatic rings. The van der Waals surface area contributed by atoms with Gasteiger partial charge in [0.15, 0.2) is 0 Å². The highest BCUT2D eigenvalue weighted by molar-refractivity contribution is 7.13. The second-order valence-electron chi connectivity index (χ2n) is 15.5. The van der Waals surface area contributed by atoms with Crippen LogP contribution in [0.3, 0.4) is 0 Å². The van der Waals surface area contributed by atoms with Gasteiger partial charge < -0.3 is 9.47 Å². The standard InChI is InChI=1S/C49H58F6O2S2/c1-7-9-11-13-15-17-19-39-41(31-25-35-21-27-37(56-5)28-22-35)58-33(3)43(39)45-46(48(52,53)49(54,55)47(45,50)51)44-34(4)59-42(40(44)20-18-16-14-12-10-8-2)32-26-36-23-29-38(57-6)30-24-36/h21-32H,7-20H2,1-6H3. The van der Waals surface area contributed by atoms with Crippen molar-refractivity contribution in [1.82, 2.24) is 0 Å². The summed E-state index contributed by atoms with van der Waals surface area (Å²) in [4.78, 5) is 1.82. The summed E-state index contributed by atoms with van der Waals surface area (Å²) >= 11 is 2.37. The first-order chi connectivity index (χ1) is 28.2. The Kier molecular flexibility index (Phi) is 16.2. The summed E-state index contributed by atoms with van der Waals surface area (Å²) in [6.45, 7) is 7.42. The zero-order valence-electron chi connectivity index (χ0n) is 35.2. The molecule has 0 fully saturated rings. The summed E-state index contributed by atoms with van der Waals surface area (Å²) in [5.74, 6) is -14.6. The molecule has 0 atom stereocenters. The van der Waals surface area contributed by atoms with Crippen molar-refractivity contribution < 1.29 is 35.8 Å². The van der Waals surface area contributed by atoms with Gasteiger partial charge in [0, 0.05) is 41.8 Å². The molecule has 0 saturated heterocycles. The third kappa shape index (κ3) is 10.2. The van der Waals surface area contributed by atoms with Crippen LogP contribution in [0.15, 0.2) is 48.5 Å². The van der Waals surface area contributed by atoms with E-state index in [9.17, 15) is 0 Å². The third-order valence-corrected chi connectivity index (χ3v) is 13.5. The predicted octanol–water partition coefficient (Wildman–Crippen LogP) is 16.4. The molecule has 0 spiro atoms. The number of unbranched alkanes of at least 4 members (excludes halogenated alkanes) is 10. The second kappa shape index (κ2) is 20.7. The molecule has 0 amide bonds. The smallest absolute Gasteiger partial charge is 0.380 e. The van der Waals surface area contributed by atoms with Gasteiger partial charge in [-0.3, -0.25) is 0 Å². The van der Waals surface area contributed by atoms with E-state index in [1.165, 1.54) is 22.7 Å². The molecule has 10 heteroatoms. The lowest BCUT2D eigenvalue weighted by atomic mass is 9.87. The number of methoxy groups -OCH3 is 2. The van der Waals surface area contributed by atoms with E-state index < -0.39 is 28.9 Å². The van der Waals surface area contributed by atoms with E-state index in [2.05, 4.69) is 13.8 Å². The van der Waals surface area contributed by atoms with Crippen LogP contribution in [0.2, 0.25) is 0 Å². The highest BCUT2D eigenvalue weighted by atomic mass is 32.1. The largest absolute Gasteiger partial charge is 0.497 e. The molecule has 2 aromatic heterocycles. The number of alkyl halides is 6. The lowest BCUT2D eigenvalue weighted by Crippen LogP contribution is -2.49. The van der Waals surface area contributed by atoms with Gasteiger partial charge in [-0.05, 0) is 98.2 Å². The number of halogens is 6. The summed E-state index contributed by atoms with van der Waals surface area (Å²) in [7, 11) is 3.14. The average molecular weight is 857 g/mol. The fraction of sp³-hybridized carbons (Fsp3) is 0.469. The minimum Gasteiger partial charge on any atom is -0.497 e. The van der Waals surface area contributed by atoms with Gasteiger partial charge in [0.2, 0.25) is 0 Å². The van der Waals surface area contributed by atoms with Crippen LogP contribution in [0.25, 0.3) is 35.5 Å². The molecule has 2 nitrogen and oxygen atoms in total. The summed E-state index contributed by atoms with van der Waals surface area (Å²) in [6.07, 6.45) is 18.8. The molecule has 0 unspecified atom stereocenters. The van der Waals surface area contributed by atoms with Gasteiger partial charge in [-0.2, -0.15) is 26.3 Å². The maximum absolute atomic E-state index is 16.7. The van der Waals surface area contributed by atoms with Crippen LogP contribution in [-0.4, -0.2) is 32.0 Å². The summed E-state index contributed by atoms with van der Waals surface area (Å²) < 4.78 is 110. The Morgan fingerprint density at radius 3 is 1.17 bits per heavy atom. The van der Waals surface area contributed by atoms with Crippen LogP contribution in [0.4, 0.5) is 26.3 Å². The van der Waals surface area contributed by atoms with Gasteiger partial charge in [-0.1, -0.05) is 114 Å². The average Bonchev–Trinajstić information content (AvgIpc) is 3.73. The highest BCUT2D eigenvalue weighted by Crippen LogP contribution is 2.67. The van der Waals surface area contributed by atoms with Crippen LogP contribution in [0.5, 0.6) is 11.5 Å². The summed E-state index contributed by atoms with van der Waals surface area (Å²) in [5.41, 5.74) is -0.336. The van der Waals surface area contributed by atoms with Gasteiger partial charge in [0.1, 0.15) is 11.5 Å². The quantitative estimate of drug-likeness (QED) is 0.0579. The monoisotopic (exact) mass is 856 g/mol. The lowest BCUT2D eigenvalue weighted by Gasteiger charge is -2.26. The van der Waals surface area contributed by atoms with Crippen LogP contribution in [0, 0.1) is 13.8 Å². The molecule has 0 N–H and O–H groups in total. The number of aryl methyl sites for hydroxylation is 2. The maximum atomic E-state index is 16.7. The number of ether oxygens (including phenoxy) is 2. The van der Waals surface area contributed by atoms with Crippen molar-refractivity contribution in [3.05, 3.63) is 101 Å². The second-order valence-corrected chi connectivity index (χ2v) is 18.0. The molecule has 2 heterocycles. The molecular weight excluding hydrogens is 799 g/mol. The predicted molar refractivity (Wildman–Crippen MR) is 238 cm³/mol. The lowest BCUT2D eigenvalue weighted by molar-refractivity contribution is -0.254. The first-order valence-corrected chi connectivity index (χ1v) is 22.6. The SMILES string of the molecule is CCCCCCCCc1c(C=Cc2ccc(OC)cc2)sc(C)c1C1=C(c2c(C)sc(C=Cc3ccc(OC)cc3)c2CCCCCCCC)C(F)(F)C(F)(F)C1(F)F. The zero-order chi connectivity index (χ0) is 42.8. The molecule has 59 heavy (non-hydrogen) atoms. The Labute approximate surface area is 355 Å². The topological polar surface area (TPSA) is 18.5 Å². The van der Waals surface area contributed by atoms with Crippen molar-refractivity contribution in [3.63, 3.8) is 0 Å². The van der Waals surface area contributed by atoms with Gasteiger partial charge in [-0.25, -0.2) is 0 Å². The van der Waals surface area contributed by atoms with Crippen LogP contribution < -0.4 is 9.47 Å². The molecule has 0 aliphatic heterocycles. The molecule has 4 aromatic rings. The van der Waals surface area contributed by atoms with E-state index in [0.717, 1.165) is 75.3 Å². The van der Waals surface area contributed by atoms with Crippen molar-refractivity contribution in [2.75, 3.05) is 14.2 Å². The Morgan fingerprint density at radius 2 is 0.831 bits per heavy atom. The van der Waals surface area contributed by atoms with Crippen molar-refractivity contribution in [3.8, 4) is 11.5 Å². The minimum absolute atomic E-state index is 0.166. The van der Waals surface area contributed by atoms with E-state index in [1.54, 1.807) is 64.5 Å². The fourth-order valence-corrected chi connectivity index (χ4v) is 10.2. The van der Waals surface area contributed by atoms with Crippen molar-refractivity contribution >= 4 is 58.1 Å². The van der Waals surface area contributed by atoms with E-state index >= 15 is 26.3 Å². The van der Waals surface area contributed by atoms with Crippen molar-refractivity contribution in [2.45, 2.75) is 135 Å². The normalized spacial score (nSPS) is 15.9. The number of rotatable bonds is 22. The van der Waals surface area contributed by atoms with E-state index in [4.69, 9.17) is 9.47 Å². The van der Waals surface area contributed by atoms with E-state index in [-0.39, 0.29) is 11.1 Å². The Morgan fingerprint density at radius 1 is 0.492 bits per heavy atom. The number of allylic oxidation sites excluding steroid dienone is 2. The van der Waals surface area contributed by atoms with Gasteiger partial charge in [0.25, 0.3) is 0 Å². The highest BCUT2D eigenvalue weighted by Gasteiger charge is 2.80. The number of benzene rings is 2. The first kappa shape index (κ1) is 46.3. The minimum atomic E-state index is -5.65. The summed E-state index contributed by atoms with van der Waals surface area (Å²) in [6, 6.07) is 14.6. The van der Waals surface area contributed by atoms with Gasteiger partial charge >= 0.3 is 17.8 Å². The Hall–Kier alpha value is -3.76. The van der Waals surface area contributed by atoms with E-state index in [1.807, 2.05) is 36.4 Å². The number of hydrogen-bond donors (Lipinski definition) is 0. The number of thiophene rings is 2. The Bertz CT molecular complexity index is 1920. The third-order valence-electron chi connectivity index (χ3n) is 11.2. The van der Waals surface area contributed by atoms with Crippen LogP contribution >= 0.6 is 22.7 Å². The zero-order valence-corrected chi connectivity index (χ0v) is 36.9. The molecule has 5 rings (SSSR count). The maximum Gasteiger partial charge on any atom is 0.380 e. The molecule has 0 saturated carbocycles.